The van der Waals surface area contributed by atoms with Gasteiger partial charge in [-0.2, -0.15) is 0 Å². The average molecular weight is 453 g/mol. The van der Waals surface area contributed by atoms with Crippen LogP contribution in [0.4, 0.5) is 5.69 Å². The van der Waals surface area contributed by atoms with Gasteiger partial charge < -0.3 is 10.2 Å². The van der Waals surface area contributed by atoms with Gasteiger partial charge in [0.25, 0.3) is 11.8 Å². The number of aryl methyl sites for hydroxylation is 1. The van der Waals surface area contributed by atoms with Crippen molar-refractivity contribution in [3.63, 3.8) is 0 Å². The Balaban J connectivity index is 1.56. The first-order valence-electron chi connectivity index (χ1n) is 10.6. The molecule has 0 saturated heterocycles. The summed E-state index contributed by atoms with van der Waals surface area (Å²) < 4.78 is 0. The first kappa shape index (κ1) is 21.6. The van der Waals surface area contributed by atoms with E-state index in [4.69, 9.17) is 11.6 Å². The zero-order valence-corrected chi connectivity index (χ0v) is 19.0. The molecule has 0 spiro atoms. The summed E-state index contributed by atoms with van der Waals surface area (Å²) in [7, 11) is 0. The van der Waals surface area contributed by atoms with Crippen molar-refractivity contribution in [2.45, 2.75) is 38.6 Å². The first-order valence-corrected chi connectivity index (χ1v) is 11.8. The number of amides is 2. The zero-order valence-electron chi connectivity index (χ0n) is 17.4. The number of hydrogen-bond donors (Lipinski definition) is 1. The maximum Gasteiger partial charge on any atom is 0.265 e. The lowest BCUT2D eigenvalue weighted by molar-refractivity contribution is 0.0661. The Hall–Kier alpha value is -2.63. The highest BCUT2D eigenvalue weighted by molar-refractivity contribution is 7.12. The Morgan fingerprint density at radius 1 is 1.13 bits per heavy atom. The van der Waals surface area contributed by atoms with Crippen LogP contribution in [0.5, 0.6) is 0 Å². The molecule has 2 amide bonds. The highest BCUT2D eigenvalue weighted by Gasteiger charge is 2.28. The molecule has 1 heterocycles. The number of fused-ring (bicyclic) bond motifs is 1. The molecule has 1 aromatic heterocycles. The molecule has 0 bridgehead atoms. The zero-order chi connectivity index (χ0) is 21.8. The summed E-state index contributed by atoms with van der Waals surface area (Å²) in [6.07, 6.45) is 3.70. The Morgan fingerprint density at radius 2 is 1.94 bits per heavy atom. The van der Waals surface area contributed by atoms with Gasteiger partial charge >= 0.3 is 0 Å². The van der Waals surface area contributed by atoms with Gasteiger partial charge in [0.1, 0.15) is 0 Å². The minimum Gasteiger partial charge on any atom is -0.335 e. The molecule has 0 aliphatic heterocycles. The fourth-order valence-corrected chi connectivity index (χ4v) is 4.93. The Morgan fingerprint density at radius 3 is 2.68 bits per heavy atom. The summed E-state index contributed by atoms with van der Waals surface area (Å²) in [6.45, 7) is 2.79. The van der Waals surface area contributed by atoms with E-state index in [0.717, 1.165) is 25.7 Å². The van der Waals surface area contributed by atoms with Crippen molar-refractivity contribution < 1.29 is 9.59 Å². The van der Waals surface area contributed by atoms with Crippen LogP contribution in [0.1, 0.15) is 50.9 Å². The van der Waals surface area contributed by atoms with Gasteiger partial charge in [-0.1, -0.05) is 48.9 Å². The van der Waals surface area contributed by atoms with Gasteiger partial charge in [-0.25, -0.2) is 0 Å². The third kappa shape index (κ3) is 4.83. The molecule has 4 nitrogen and oxygen atoms in total. The summed E-state index contributed by atoms with van der Waals surface area (Å²) in [4.78, 5) is 28.5. The number of thiophene rings is 1. The average Bonchev–Trinajstić information content (AvgIpc) is 3.33. The molecule has 1 atom stereocenters. The predicted octanol–water partition coefficient (Wildman–Crippen LogP) is 6.06. The number of halogens is 1. The van der Waals surface area contributed by atoms with Gasteiger partial charge in [-0.15, -0.1) is 11.3 Å². The summed E-state index contributed by atoms with van der Waals surface area (Å²) in [6, 6.07) is 17.3. The molecule has 1 unspecified atom stereocenters. The molecule has 6 heteroatoms. The highest BCUT2D eigenvalue weighted by Crippen LogP contribution is 2.28. The minimum atomic E-state index is -0.226. The van der Waals surface area contributed by atoms with Crippen molar-refractivity contribution in [2.75, 3.05) is 11.9 Å². The first-order chi connectivity index (χ1) is 15.1. The molecule has 2 aromatic carbocycles. The van der Waals surface area contributed by atoms with Crippen LogP contribution >= 0.6 is 22.9 Å². The van der Waals surface area contributed by atoms with Crippen molar-refractivity contribution in [3.8, 4) is 0 Å². The van der Waals surface area contributed by atoms with Crippen molar-refractivity contribution >= 4 is 40.4 Å². The van der Waals surface area contributed by atoms with Crippen molar-refractivity contribution in [3.05, 3.63) is 86.6 Å². The molecule has 4 rings (SSSR count). The molecule has 1 aliphatic rings. The molecular weight excluding hydrogens is 428 g/mol. The molecule has 160 valence electrons. The monoisotopic (exact) mass is 452 g/mol. The fraction of sp³-hybridized carbons (Fsp3) is 0.280. The van der Waals surface area contributed by atoms with Crippen LogP contribution < -0.4 is 5.32 Å². The highest BCUT2D eigenvalue weighted by atomic mass is 35.5. The largest absolute Gasteiger partial charge is 0.335 e. The predicted molar refractivity (Wildman–Crippen MR) is 127 cm³/mol. The van der Waals surface area contributed by atoms with Gasteiger partial charge in [0.2, 0.25) is 0 Å². The number of nitrogens with zero attached hydrogens (tertiary/aromatic N) is 1. The Labute approximate surface area is 191 Å². The van der Waals surface area contributed by atoms with Gasteiger partial charge in [-0.05, 0) is 66.5 Å². The summed E-state index contributed by atoms with van der Waals surface area (Å²) in [5.41, 5.74) is 3.70. The number of carbonyl (C=O) groups is 2. The van der Waals surface area contributed by atoms with E-state index in [9.17, 15) is 9.59 Å². The van der Waals surface area contributed by atoms with E-state index in [1.165, 1.54) is 22.5 Å². The van der Waals surface area contributed by atoms with Crippen LogP contribution in [0, 0.1) is 0 Å². The number of nitrogens with one attached hydrogen (secondary N) is 1. The van der Waals surface area contributed by atoms with E-state index in [2.05, 4.69) is 36.5 Å². The van der Waals surface area contributed by atoms with E-state index < -0.39 is 0 Å². The SMILES string of the molecule is CCCN(C(=O)c1ccc(Cl)c(NC(=O)c2cccs2)c1)C1CCc2ccccc2C1. The van der Waals surface area contributed by atoms with E-state index in [-0.39, 0.29) is 17.9 Å². The maximum absolute atomic E-state index is 13.5. The lowest BCUT2D eigenvalue weighted by Crippen LogP contribution is -2.44. The lowest BCUT2D eigenvalue weighted by atomic mass is 9.87. The molecule has 3 aromatic rings. The van der Waals surface area contributed by atoms with Crippen molar-refractivity contribution in [1.82, 2.24) is 4.90 Å². The standard InChI is InChI=1S/C25H25ClN2O2S/c1-2-13-28(20-11-9-17-6-3-4-7-18(17)15-20)25(30)19-10-12-21(26)22(16-19)27-24(29)23-8-5-14-31-23/h3-8,10,12,14,16,20H,2,9,11,13,15H2,1H3,(H,27,29). The molecule has 1 aliphatic carbocycles. The quantitative estimate of drug-likeness (QED) is 0.493. The Kier molecular flexibility index (Phi) is 6.73. The summed E-state index contributed by atoms with van der Waals surface area (Å²) in [5.74, 6) is -0.245. The molecule has 31 heavy (non-hydrogen) atoms. The minimum absolute atomic E-state index is 0.0190. The normalized spacial score (nSPS) is 15.2. The molecule has 0 radical (unpaired) electrons. The van der Waals surface area contributed by atoms with Crippen LogP contribution in [-0.2, 0) is 12.8 Å². The molecule has 1 N–H and O–H groups in total. The number of hydrogen-bond acceptors (Lipinski definition) is 3. The Bertz CT molecular complexity index is 1080. The van der Waals surface area contributed by atoms with E-state index in [0.29, 0.717) is 27.7 Å². The van der Waals surface area contributed by atoms with E-state index in [1.54, 1.807) is 24.3 Å². The second kappa shape index (κ2) is 9.67. The number of benzene rings is 2. The van der Waals surface area contributed by atoms with Gasteiger partial charge in [0.05, 0.1) is 15.6 Å². The van der Waals surface area contributed by atoms with Crippen LogP contribution in [0.15, 0.2) is 60.0 Å². The maximum atomic E-state index is 13.5. The lowest BCUT2D eigenvalue weighted by Gasteiger charge is -2.35. The second-order valence-corrected chi connectivity index (χ2v) is 9.14. The van der Waals surface area contributed by atoms with Crippen LogP contribution in [0.2, 0.25) is 5.02 Å². The fourth-order valence-electron chi connectivity index (χ4n) is 4.15. The van der Waals surface area contributed by atoms with Crippen molar-refractivity contribution in [2.24, 2.45) is 0 Å². The van der Waals surface area contributed by atoms with Gasteiger partial charge in [0, 0.05) is 18.2 Å². The second-order valence-electron chi connectivity index (χ2n) is 7.79. The number of carbonyl (C=O) groups excluding carboxylic acids is 2. The molecular formula is C25H25ClN2O2S. The molecule has 0 saturated carbocycles. The smallest absolute Gasteiger partial charge is 0.265 e. The van der Waals surface area contributed by atoms with Crippen LogP contribution in [0.3, 0.4) is 0 Å². The van der Waals surface area contributed by atoms with E-state index in [1.807, 2.05) is 16.3 Å². The summed E-state index contributed by atoms with van der Waals surface area (Å²) in [5, 5.41) is 5.10. The third-order valence-electron chi connectivity index (χ3n) is 5.69. The van der Waals surface area contributed by atoms with Gasteiger partial charge in [0.15, 0.2) is 0 Å². The number of anilines is 1. The number of rotatable bonds is 6. The summed E-state index contributed by atoms with van der Waals surface area (Å²) >= 11 is 7.68. The topological polar surface area (TPSA) is 49.4 Å². The third-order valence-corrected chi connectivity index (χ3v) is 6.89. The van der Waals surface area contributed by atoms with E-state index >= 15 is 0 Å². The van der Waals surface area contributed by atoms with Gasteiger partial charge in [-0.3, -0.25) is 9.59 Å². The van der Waals surface area contributed by atoms with Crippen LogP contribution in [0.25, 0.3) is 0 Å². The van der Waals surface area contributed by atoms with Crippen LogP contribution in [-0.4, -0.2) is 29.3 Å². The molecule has 0 fully saturated rings. The van der Waals surface area contributed by atoms with Crippen molar-refractivity contribution in [1.29, 1.82) is 0 Å².